The average Bonchev–Trinajstić information content (AvgIpc) is 3.07. The van der Waals surface area contributed by atoms with Crippen molar-refractivity contribution in [2.45, 2.75) is 18.4 Å². The van der Waals surface area contributed by atoms with Gasteiger partial charge in [-0.15, -0.1) is 0 Å². The number of amides is 1. The van der Waals surface area contributed by atoms with Crippen LogP contribution in [0.15, 0.2) is 36.4 Å². The molecule has 0 aromatic heterocycles. The number of carboxylic acids is 1. The first kappa shape index (κ1) is 15.5. The molecule has 0 spiro atoms. The molecule has 2 N–H and O–H groups in total. The zero-order chi connectivity index (χ0) is 16.8. The number of hydrogen-bond acceptors (Lipinski definition) is 3. The van der Waals surface area contributed by atoms with Gasteiger partial charge in [-0.2, -0.15) is 13.2 Å². The summed E-state index contributed by atoms with van der Waals surface area (Å²) in [5, 5.41) is 11.4. The number of benzene rings is 1. The lowest BCUT2D eigenvalue weighted by atomic mass is 9.82. The van der Waals surface area contributed by atoms with Crippen LogP contribution in [0.3, 0.4) is 0 Å². The summed E-state index contributed by atoms with van der Waals surface area (Å²) in [6.45, 7) is 0. The number of carboxylic acid groups (broad SMARTS) is 1. The van der Waals surface area contributed by atoms with Crippen LogP contribution in [0.25, 0.3) is 0 Å². The molecule has 2 aliphatic rings. The molecule has 1 aromatic rings. The number of rotatable bonds is 3. The van der Waals surface area contributed by atoms with Crippen molar-refractivity contribution in [2.24, 2.45) is 11.8 Å². The number of alkyl halides is 3. The van der Waals surface area contributed by atoms with Crippen LogP contribution in [-0.4, -0.2) is 29.2 Å². The Bertz CT molecular complexity index is 686. The highest BCUT2D eigenvalue weighted by Crippen LogP contribution is 2.41. The minimum absolute atomic E-state index is 0.402. The van der Waals surface area contributed by atoms with Gasteiger partial charge in [0.25, 0.3) is 0 Å². The van der Waals surface area contributed by atoms with Gasteiger partial charge in [-0.05, 0) is 12.1 Å². The van der Waals surface area contributed by atoms with Crippen molar-refractivity contribution in [2.75, 3.05) is 5.32 Å². The molecule has 2 aliphatic heterocycles. The lowest BCUT2D eigenvalue weighted by Crippen LogP contribution is -2.39. The third kappa shape index (κ3) is 2.70. The maximum Gasteiger partial charge on any atom is 0.418 e. The molecule has 1 saturated heterocycles. The van der Waals surface area contributed by atoms with Crippen LogP contribution in [0, 0.1) is 11.8 Å². The second-order valence-corrected chi connectivity index (χ2v) is 5.37. The Morgan fingerprint density at radius 3 is 2.30 bits per heavy atom. The van der Waals surface area contributed by atoms with E-state index in [2.05, 4.69) is 5.32 Å². The second kappa shape index (κ2) is 5.38. The maximum atomic E-state index is 12.9. The van der Waals surface area contributed by atoms with Crippen molar-refractivity contribution in [3.8, 4) is 0 Å². The zero-order valence-corrected chi connectivity index (χ0v) is 11.6. The van der Waals surface area contributed by atoms with Gasteiger partial charge in [0.1, 0.15) is 5.92 Å². The second-order valence-electron chi connectivity index (χ2n) is 5.37. The number of anilines is 1. The number of aliphatic carboxylic acids is 1. The highest BCUT2D eigenvalue weighted by Gasteiger charge is 2.53. The molecule has 0 saturated carbocycles. The molecule has 2 bridgehead atoms. The minimum Gasteiger partial charge on any atom is -0.481 e. The SMILES string of the molecule is O=C(O)[C@@H]1[C@H](C(=O)Nc2ccccc2C(F)(F)F)[C@@H]2C=C[C@@H]1O2. The Morgan fingerprint density at radius 2 is 1.70 bits per heavy atom. The van der Waals surface area contributed by atoms with Crippen LogP contribution in [0.2, 0.25) is 0 Å². The molecule has 0 unspecified atom stereocenters. The molecule has 1 fully saturated rings. The third-order valence-electron chi connectivity index (χ3n) is 3.98. The van der Waals surface area contributed by atoms with Crippen molar-refractivity contribution in [3.05, 3.63) is 42.0 Å². The number of nitrogens with one attached hydrogen (secondary N) is 1. The Morgan fingerprint density at radius 1 is 1.09 bits per heavy atom. The number of para-hydroxylation sites is 1. The Balaban J connectivity index is 1.86. The summed E-state index contributed by atoms with van der Waals surface area (Å²) < 4.78 is 44.2. The molecule has 1 aromatic carbocycles. The number of carbonyl (C=O) groups excluding carboxylic acids is 1. The first-order chi connectivity index (χ1) is 10.8. The standard InChI is InChI=1S/C15H12F3NO4/c16-15(17,18)7-3-1-2-4-8(7)19-13(20)11-9-5-6-10(23-9)12(11)14(21)22/h1-6,9-12H,(H,19,20)(H,21,22)/t9-,10-,11+,12-/m0/s1. The van der Waals surface area contributed by atoms with Gasteiger partial charge >= 0.3 is 12.1 Å². The third-order valence-corrected chi connectivity index (χ3v) is 3.98. The van der Waals surface area contributed by atoms with Crippen molar-refractivity contribution in [1.82, 2.24) is 0 Å². The zero-order valence-electron chi connectivity index (χ0n) is 11.6. The smallest absolute Gasteiger partial charge is 0.418 e. The molecule has 3 rings (SSSR count). The van der Waals surface area contributed by atoms with E-state index in [0.717, 1.165) is 12.1 Å². The largest absolute Gasteiger partial charge is 0.481 e. The topological polar surface area (TPSA) is 75.6 Å². The molecule has 1 amide bonds. The van der Waals surface area contributed by atoms with Gasteiger partial charge in [-0.1, -0.05) is 24.3 Å². The maximum absolute atomic E-state index is 12.9. The van der Waals surface area contributed by atoms with E-state index in [1.807, 2.05) is 0 Å². The Kier molecular flexibility index (Phi) is 3.63. The van der Waals surface area contributed by atoms with Crippen molar-refractivity contribution in [1.29, 1.82) is 0 Å². The number of fused-ring (bicyclic) bond motifs is 2. The van der Waals surface area contributed by atoms with Gasteiger partial charge in [0.2, 0.25) is 5.91 Å². The fourth-order valence-electron chi connectivity index (χ4n) is 2.97. The quantitative estimate of drug-likeness (QED) is 0.835. The molecular weight excluding hydrogens is 315 g/mol. The Labute approximate surface area is 128 Å². The van der Waals surface area contributed by atoms with Gasteiger partial charge < -0.3 is 15.2 Å². The van der Waals surface area contributed by atoms with E-state index in [0.29, 0.717) is 0 Å². The van der Waals surface area contributed by atoms with E-state index in [4.69, 9.17) is 4.74 Å². The summed E-state index contributed by atoms with van der Waals surface area (Å²) >= 11 is 0. The highest BCUT2D eigenvalue weighted by molar-refractivity contribution is 5.97. The first-order valence-electron chi connectivity index (χ1n) is 6.82. The number of ether oxygens (including phenoxy) is 1. The fraction of sp³-hybridized carbons (Fsp3) is 0.333. The molecule has 0 aliphatic carbocycles. The molecule has 122 valence electrons. The summed E-state index contributed by atoms with van der Waals surface area (Å²) in [6, 6.07) is 4.54. The number of hydrogen-bond donors (Lipinski definition) is 2. The molecule has 23 heavy (non-hydrogen) atoms. The predicted molar refractivity (Wildman–Crippen MR) is 72.5 cm³/mol. The van der Waals surface area contributed by atoms with Gasteiger partial charge in [-0.25, -0.2) is 0 Å². The normalized spacial score (nSPS) is 28.8. The van der Waals surface area contributed by atoms with E-state index < -0.39 is 53.3 Å². The highest BCUT2D eigenvalue weighted by atomic mass is 19.4. The summed E-state index contributed by atoms with van der Waals surface area (Å²) in [7, 11) is 0. The van der Waals surface area contributed by atoms with Gasteiger partial charge in [0.15, 0.2) is 0 Å². The summed E-state index contributed by atoms with van der Waals surface area (Å²) in [5.74, 6) is -4.19. The van der Waals surface area contributed by atoms with Gasteiger partial charge in [0.05, 0.1) is 29.4 Å². The van der Waals surface area contributed by atoms with E-state index in [1.165, 1.54) is 12.1 Å². The van der Waals surface area contributed by atoms with E-state index >= 15 is 0 Å². The fourth-order valence-corrected chi connectivity index (χ4v) is 2.97. The molecule has 4 atom stereocenters. The van der Waals surface area contributed by atoms with E-state index in [1.54, 1.807) is 12.2 Å². The minimum atomic E-state index is -4.62. The first-order valence-corrected chi connectivity index (χ1v) is 6.82. The summed E-state index contributed by atoms with van der Waals surface area (Å²) in [4.78, 5) is 23.7. The van der Waals surface area contributed by atoms with Crippen molar-refractivity contribution >= 4 is 17.6 Å². The van der Waals surface area contributed by atoms with Gasteiger partial charge in [0, 0.05) is 0 Å². The van der Waals surface area contributed by atoms with Crippen LogP contribution in [0.5, 0.6) is 0 Å². The monoisotopic (exact) mass is 327 g/mol. The molecular formula is C15H12F3NO4. The molecule has 2 heterocycles. The Hall–Kier alpha value is -2.35. The molecule has 8 heteroatoms. The molecule has 0 radical (unpaired) electrons. The van der Waals surface area contributed by atoms with E-state index in [9.17, 15) is 27.9 Å². The number of halogens is 3. The summed E-state index contributed by atoms with van der Waals surface area (Å²) in [6.07, 6.45) is -2.98. The lowest BCUT2D eigenvalue weighted by Gasteiger charge is -2.22. The van der Waals surface area contributed by atoms with Crippen LogP contribution < -0.4 is 5.32 Å². The lowest BCUT2D eigenvalue weighted by molar-refractivity contribution is -0.146. The predicted octanol–water partition coefficient (Wildman–Crippen LogP) is 2.30. The van der Waals surface area contributed by atoms with Crippen LogP contribution in [-0.2, 0) is 20.5 Å². The molecule has 5 nitrogen and oxygen atoms in total. The van der Waals surface area contributed by atoms with Crippen molar-refractivity contribution < 1.29 is 32.6 Å². The number of carbonyl (C=O) groups is 2. The average molecular weight is 327 g/mol. The van der Waals surface area contributed by atoms with Crippen LogP contribution >= 0.6 is 0 Å². The van der Waals surface area contributed by atoms with Crippen LogP contribution in [0.4, 0.5) is 18.9 Å². The van der Waals surface area contributed by atoms with Crippen LogP contribution in [0.1, 0.15) is 5.56 Å². The van der Waals surface area contributed by atoms with Gasteiger partial charge in [-0.3, -0.25) is 9.59 Å². The van der Waals surface area contributed by atoms with Crippen molar-refractivity contribution in [3.63, 3.8) is 0 Å². The summed E-state index contributed by atoms with van der Waals surface area (Å²) in [5.41, 5.74) is -1.39. The van der Waals surface area contributed by atoms with E-state index in [-0.39, 0.29) is 0 Å².